The van der Waals surface area contributed by atoms with Crippen LogP contribution in [0.5, 0.6) is 0 Å². The van der Waals surface area contributed by atoms with Crippen LogP contribution in [0.2, 0.25) is 5.02 Å². The van der Waals surface area contributed by atoms with Crippen LogP contribution in [-0.4, -0.2) is 42.5 Å². The number of sulfonamides is 1. The Morgan fingerprint density at radius 1 is 1.13 bits per heavy atom. The summed E-state index contributed by atoms with van der Waals surface area (Å²) in [4.78, 5) is 13.1. The van der Waals surface area contributed by atoms with Crippen molar-refractivity contribution in [2.45, 2.75) is 24.7 Å². The summed E-state index contributed by atoms with van der Waals surface area (Å²) in [6.07, 6.45) is 1.52. The van der Waals surface area contributed by atoms with Crippen molar-refractivity contribution in [1.82, 2.24) is 14.1 Å². The third-order valence-electron chi connectivity index (χ3n) is 4.54. The molecule has 0 unspecified atom stereocenters. The van der Waals surface area contributed by atoms with Gasteiger partial charge in [0.25, 0.3) is 5.91 Å². The van der Waals surface area contributed by atoms with Crippen molar-refractivity contribution in [1.29, 1.82) is 0 Å². The highest BCUT2D eigenvalue weighted by Crippen LogP contribution is 2.25. The molecule has 9 heteroatoms. The maximum absolute atomic E-state index is 12.9. The number of carbonyl (C=O) groups is 1. The number of aromatic nitrogens is 2. The Morgan fingerprint density at radius 2 is 1.80 bits per heavy atom. The lowest BCUT2D eigenvalue weighted by molar-refractivity contribution is 0.102. The normalized spacial score (nSPS) is 11.8. The molecule has 0 saturated heterocycles. The number of halogens is 1. The van der Waals surface area contributed by atoms with E-state index in [1.807, 2.05) is 26.0 Å². The summed E-state index contributed by atoms with van der Waals surface area (Å²) in [5, 5.41) is 7.78. The van der Waals surface area contributed by atoms with E-state index >= 15 is 0 Å². The number of hydrogen-bond acceptors (Lipinski definition) is 4. The summed E-state index contributed by atoms with van der Waals surface area (Å²) in [7, 11) is -0.590. The Bertz CT molecular complexity index is 1170. The van der Waals surface area contributed by atoms with Crippen LogP contribution in [-0.2, 0) is 10.0 Å². The van der Waals surface area contributed by atoms with Crippen molar-refractivity contribution in [3.63, 3.8) is 0 Å². The van der Waals surface area contributed by atoms with E-state index in [0.717, 1.165) is 15.7 Å². The van der Waals surface area contributed by atoms with Gasteiger partial charge in [-0.1, -0.05) is 31.5 Å². The maximum Gasteiger partial charge on any atom is 0.259 e. The average Bonchev–Trinajstić information content (AvgIpc) is 3.14. The molecule has 0 spiro atoms. The number of nitrogens with zero attached hydrogens (tertiary/aromatic N) is 3. The number of nitrogens with one attached hydrogen (secondary N) is 1. The van der Waals surface area contributed by atoms with Crippen molar-refractivity contribution < 1.29 is 13.2 Å². The van der Waals surface area contributed by atoms with Gasteiger partial charge >= 0.3 is 0 Å². The fourth-order valence-corrected chi connectivity index (χ4v) is 4.11. The summed E-state index contributed by atoms with van der Waals surface area (Å²) in [6.45, 7) is 3.96. The predicted octanol–water partition coefficient (Wildman–Crippen LogP) is 4.15. The molecule has 0 atom stereocenters. The van der Waals surface area contributed by atoms with Crippen LogP contribution in [0.15, 0.2) is 59.6 Å². The zero-order valence-corrected chi connectivity index (χ0v) is 18.7. The largest absolute Gasteiger partial charge is 0.322 e. The first-order chi connectivity index (χ1) is 14.1. The van der Waals surface area contributed by atoms with Crippen molar-refractivity contribution in [3.05, 3.63) is 71.0 Å². The molecule has 0 radical (unpaired) electrons. The second-order valence-corrected chi connectivity index (χ2v) is 9.84. The maximum atomic E-state index is 12.9. The van der Waals surface area contributed by atoms with Crippen LogP contribution in [0.3, 0.4) is 0 Å². The number of rotatable bonds is 6. The van der Waals surface area contributed by atoms with E-state index in [-0.39, 0.29) is 16.7 Å². The minimum atomic E-state index is -3.53. The van der Waals surface area contributed by atoms with Crippen LogP contribution in [0.4, 0.5) is 5.69 Å². The summed E-state index contributed by atoms with van der Waals surface area (Å²) >= 11 is 6.10. The molecular weight excluding hydrogens is 424 g/mol. The molecule has 1 aromatic heterocycles. The van der Waals surface area contributed by atoms with Crippen molar-refractivity contribution in [3.8, 4) is 5.69 Å². The highest BCUT2D eigenvalue weighted by atomic mass is 35.5. The topological polar surface area (TPSA) is 84.3 Å². The molecule has 0 fully saturated rings. The Balaban J connectivity index is 1.89. The van der Waals surface area contributed by atoms with Gasteiger partial charge in [-0.2, -0.15) is 5.10 Å². The van der Waals surface area contributed by atoms with E-state index in [0.29, 0.717) is 16.3 Å². The Labute approximate surface area is 181 Å². The summed E-state index contributed by atoms with van der Waals surface area (Å²) < 4.78 is 27.2. The second kappa shape index (κ2) is 8.59. The minimum Gasteiger partial charge on any atom is -0.322 e. The van der Waals surface area contributed by atoms with Crippen LogP contribution >= 0.6 is 11.6 Å². The van der Waals surface area contributed by atoms with Gasteiger partial charge in [0.1, 0.15) is 0 Å². The van der Waals surface area contributed by atoms with Crippen LogP contribution in [0, 0.1) is 0 Å². The van der Waals surface area contributed by atoms with Crippen molar-refractivity contribution in [2.75, 3.05) is 19.4 Å². The molecule has 0 saturated carbocycles. The van der Waals surface area contributed by atoms with E-state index in [9.17, 15) is 13.2 Å². The average molecular weight is 447 g/mol. The first-order valence-corrected chi connectivity index (χ1v) is 11.1. The summed E-state index contributed by atoms with van der Waals surface area (Å²) in [5.41, 5.74) is 2.45. The fraction of sp³-hybridized carbons (Fsp3) is 0.238. The van der Waals surface area contributed by atoms with Crippen molar-refractivity contribution >= 4 is 33.2 Å². The van der Waals surface area contributed by atoms with Gasteiger partial charge in [0.2, 0.25) is 10.0 Å². The van der Waals surface area contributed by atoms with Gasteiger partial charge in [-0.15, -0.1) is 0 Å². The third-order valence-corrected chi connectivity index (χ3v) is 6.61. The number of benzene rings is 2. The predicted molar refractivity (Wildman–Crippen MR) is 118 cm³/mol. The lowest BCUT2D eigenvalue weighted by Gasteiger charge is -2.14. The smallest absolute Gasteiger partial charge is 0.259 e. The molecule has 7 nitrogen and oxygen atoms in total. The quantitative estimate of drug-likeness (QED) is 0.616. The molecule has 2 aromatic carbocycles. The molecule has 158 valence electrons. The van der Waals surface area contributed by atoms with Crippen LogP contribution < -0.4 is 5.32 Å². The number of amides is 1. The Hall–Kier alpha value is -2.68. The van der Waals surface area contributed by atoms with E-state index in [1.165, 1.54) is 32.4 Å². The van der Waals surface area contributed by atoms with Gasteiger partial charge in [0, 0.05) is 24.8 Å². The first kappa shape index (κ1) is 22.0. The van der Waals surface area contributed by atoms with Gasteiger partial charge in [-0.25, -0.2) is 17.4 Å². The van der Waals surface area contributed by atoms with Crippen LogP contribution in [0.1, 0.15) is 35.8 Å². The van der Waals surface area contributed by atoms with Gasteiger partial charge < -0.3 is 5.32 Å². The minimum absolute atomic E-state index is 0.0276. The number of carbonyl (C=O) groups excluding carboxylic acids is 1. The highest BCUT2D eigenvalue weighted by molar-refractivity contribution is 7.89. The molecule has 1 amide bonds. The molecule has 0 bridgehead atoms. The third kappa shape index (κ3) is 4.40. The van der Waals surface area contributed by atoms with Crippen molar-refractivity contribution in [2.24, 2.45) is 0 Å². The van der Waals surface area contributed by atoms with Gasteiger partial charge in [0.05, 0.1) is 28.0 Å². The lowest BCUT2D eigenvalue weighted by Crippen LogP contribution is -2.22. The van der Waals surface area contributed by atoms with E-state index in [1.54, 1.807) is 28.9 Å². The molecule has 0 aliphatic heterocycles. The summed E-state index contributed by atoms with van der Waals surface area (Å²) in [5.74, 6) is -0.296. The molecule has 0 aliphatic carbocycles. The fourth-order valence-electron chi connectivity index (χ4n) is 3.02. The number of anilines is 1. The second-order valence-electron chi connectivity index (χ2n) is 7.26. The molecule has 1 heterocycles. The van der Waals surface area contributed by atoms with Gasteiger partial charge in [0.15, 0.2) is 0 Å². The molecular formula is C21H23ClN4O3S. The zero-order valence-electron chi connectivity index (χ0n) is 17.1. The molecule has 0 aliphatic rings. The molecule has 3 rings (SSSR count). The monoisotopic (exact) mass is 446 g/mol. The lowest BCUT2D eigenvalue weighted by atomic mass is 10.0. The highest BCUT2D eigenvalue weighted by Gasteiger charge is 2.22. The SMILES string of the molecule is CC(C)c1c(C(=O)Nc2ccc(S(=O)(=O)N(C)C)cc2)cnn1-c1cccc(Cl)c1. The molecule has 30 heavy (non-hydrogen) atoms. The zero-order chi connectivity index (χ0) is 22.1. The van der Waals surface area contributed by atoms with Gasteiger partial charge in [-0.3, -0.25) is 4.79 Å². The summed E-state index contributed by atoms with van der Waals surface area (Å²) in [6, 6.07) is 13.3. The van der Waals surface area contributed by atoms with E-state index in [2.05, 4.69) is 10.4 Å². The number of hydrogen-bond donors (Lipinski definition) is 1. The Kier molecular flexibility index (Phi) is 6.30. The Morgan fingerprint density at radius 3 is 2.37 bits per heavy atom. The molecule has 1 N–H and O–H groups in total. The first-order valence-electron chi connectivity index (χ1n) is 9.29. The standard InChI is InChI=1S/C21H23ClN4O3S/c1-14(2)20-19(13-23-26(20)17-7-5-6-15(22)12-17)21(27)24-16-8-10-18(11-9-16)30(28,29)25(3)4/h5-14H,1-4H3,(H,24,27). The van der Waals surface area contributed by atoms with Crippen LogP contribution in [0.25, 0.3) is 5.69 Å². The van der Waals surface area contributed by atoms with E-state index in [4.69, 9.17) is 11.6 Å². The van der Waals surface area contributed by atoms with E-state index < -0.39 is 10.0 Å². The molecule has 3 aromatic rings. The van der Waals surface area contributed by atoms with Gasteiger partial charge in [-0.05, 0) is 48.4 Å².